The summed E-state index contributed by atoms with van der Waals surface area (Å²) in [6.07, 6.45) is 0.180. The third-order valence-electron chi connectivity index (χ3n) is 4.11. The van der Waals surface area contributed by atoms with Crippen LogP contribution < -0.4 is 5.32 Å². The first-order valence-corrected chi connectivity index (χ1v) is 8.27. The minimum atomic E-state index is -0.340. The lowest BCUT2D eigenvalue weighted by molar-refractivity contribution is -0.130. The lowest BCUT2D eigenvalue weighted by atomic mass is 10.1. The molecule has 0 aliphatic heterocycles. The van der Waals surface area contributed by atoms with Crippen molar-refractivity contribution >= 4 is 11.8 Å². The highest BCUT2D eigenvalue weighted by Gasteiger charge is 2.13. The molecule has 2 rings (SSSR count). The fourth-order valence-corrected chi connectivity index (χ4v) is 2.50. The maximum absolute atomic E-state index is 13.5. The average Bonchev–Trinajstić information content (AvgIpc) is 2.59. The molecule has 0 fully saturated rings. The standard InChI is InChI=1S/C20H23FN2O2/c1-15-7-3-4-9-18(15)14-23(16(2)24)12-11-20(25)22-13-17-8-5-6-10-19(17)21/h3-10H,11-14H2,1-2H3,(H,22,25). The van der Waals surface area contributed by atoms with E-state index >= 15 is 0 Å². The maximum Gasteiger partial charge on any atom is 0.222 e. The summed E-state index contributed by atoms with van der Waals surface area (Å²) in [7, 11) is 0. The predicted octanol–water partition coefficient (Wildman–Crippen LogP) is 3.19. The van der Waals surface area contributed by atoms with Gasteiger partial charge in [-0.15, -0.1) is 0 Å². The molecule has 1 N–H and O–H groups in total. The smallest absolute Gasteiger partial charge is 0.222 e. The van der Waals surface area contributed by atoms with Crippen LogP contribution in [0.25, 0.3) is 0 Å². The molecule has 25 heavy (non-hydrogen) atoms. The van der Waals surface area contributed by atoms with Crippen molar-refractivity contribution in [3.8, 4) is 0 Å². The average molecular weight is 342 g/mol. The minimum Gasteiger partial charge on any atom is -0.352 e. The number of nitrogens with one attached hydrogen (secondary N) is 1. The fraction of sp³-hybridized carbons (Fsp3) is 0.300. The van der Waals surface area contributed by atoms with Crippen LogP contribution >= 0.6 is 0 Å². The topological polar surface area (TPSA) is 49.4 Å². The number of hydrogen-bond donors (Lipinski definition) is 1. The Balaban J connectivity index is 1.86. The molecule has 0 radical (unpaired) electrons. The van der Waals surface area contributed by atoms with E-state index in [1.807, 2.05) is 31.2 Å². The summed E-state index contributed by atoms with van der Waals surface area (Å²) in [5, 5.41) is 2.69. The van der Waals surface area contributed by atoms with E-state index in [1.165, 1.54) is 13.0 Å². The molecule has 0 saturated carbocycles. The largest absolute Gasteiger partial charge is 0.352 e. The second-order valence-corrected chi connectivity index (χ2v) is 5.99. The number of amides is 2. The monoisotopic (exact) mass is 342 g/mol. The van der Waals surface area contributed by atoms with Gasteiger partial charge in [0, 0.05) is 38.5 Å². The zero-order chi connectivity index (χ0) is 18.2. The van der Waals surface area contributed by atoms with E-state index in [-0.39, 0.29) is 30.6 Å². The van der Waals surface area contributed by atoms with Crippen LogP contribution in [0.3, 0.4) is 0 Å². The van der Waals surface area contributed by atoms with Crippen LogP contribution in [0.15, 0.2) is 48.5 Å². The van der Waals surface area contributed by atoms with E-state index in [9.17, 15) is 14.0 Å². The van der Waals surface area contributed by atoms with E-state index in [4.69, 9.17) is 0 Å². The highest BCUT2D eigenvalue weighted by Crippen LogP contribution is 2.11. The second-order valence-electron chi connectivity index (χ2n) is 5.99. The van der Waals surface area contributed by atoms with Crippen LogP contribution in [-0.2, 0) is 22.7 Å². The SMILES string of the molecule is CC(=O)N(CCC(=O)NCc1ccccc1F)Cc1ccccc1C. The van der Waals surface area contributed by atoms with Crippen LogP contribution in [0.1, 0.15) is 30.0 Å². The summed E-state index contributed by atoms with van der Waals surface area (Å²) in [5.41, 5.74) is 2.61. The Bertz CT molecular complexity index is 746. The number of halogens is 1. The summed E-state index contributed by atoms with van der Waals surface area (Å²) in [6.45, 7) is 4.43. The first kappa shape index (κ1) is 18.6. The van der Waals surface area contributed by atoms with Crippen molar-refractivity contribution in [3.05, 3.63) is 71.0 Å². The normalized spacial score (nSPS) is 10.4. The molecular formula is C20H23FN2O2. The number of rotatable bonds is 7. The Labute approximate surface area is 147 Å². The van der Waals surface area contributed by atoms with Crippen molar-refractivity contribution in [2.75, 3.05) is 6.54 Å². The molecule has 2 aromatic rings. The fourth-order valence-electron chi connectivity index (χ4n) is 2.50. The molecule has 0 spiro atoms. The van der Waals surface area contributed by atoms with Gasteiger partial charge in [0.2, 0.25) is 11.8 Å². The zero-order valence-electron chi connectivity index (χ0n) is 14.6. The van der Waals surface area contributed by atoms with Gasteiger partial charge in [-0.25, -0.2) is 4.39 Å². The lowest BCUT2D eigenvalue weighted by Gasteiger charge is -2.22. The molecule has 0 aliphatic carbocycles. The number of benzene rings is 2. The van der Waals surface area contributed by atoms with E-state index < -0.39 is 0 Å². The Hall–Kier alpha value is -2.69. The summed E-state index contributed by atoms with van der Waals surface area (Å²) < 4.78 is 13.5. The predicted molar refractivity (Wildman–Crippen MR) is 95.1 cm³/mol. The van der Waals surface area contributed by atoms with Crippen LogP contribution in [0, 0.1) is 12.7 Å². The Morgan fingerprint density at radius 1 is 1.04 bits per heavy atom. The third kappa shape index (κ3) is 5.71. The van der Waals surface area contributed by atoms with E-state index in [1.54, 1.807) is 23.1 Å². The van der Waals surface area contributed by atoms with Crippen LogP contribution in [0.4, 0.5) is 4.39 Å². The lowest BCUT2D eigenvalue weighted by Crippen LogP contribution is -2.33. The zero-order valence-corrected chi connectivity index (χ0v) is 14.6. The van der Waals surface area contributed by atoms with Crippen molar-refractivity contribution in [3.63, 3.8) is 0 Å². The summed E-state index contributed by atoms with van der Waals surface area (Å²) in [5.74, 6) is -0.628. The molecule has 4 nitrogen and oxygen atoms in total. The molecule has 0 bridgehead atoms. The Kier molecular flexibility index (Phi) is 6.69. The Morgan fingerprint density at radius 2 is 1.68 bits per heavy atom. The van der Waals surface area contributed by atoms with E-state index in [0.29, 0.717) is 18.7 Å². The van der Waals surface area contributed by atoms with Crippen LogP contribution in [0.5, 0.6) is 0 Å². The molecule has 0 aromatic heterocycles. The van der Waals surface area contributed by atoms with Gasteiger partial charge in [0.05, 0.1) is 0 Å². The van der Waals surface area contributed by atoms with Gasteiger partial charge in [-0.05, 0) is 24.1 Å². The molecule has 2 amide bonds. The minimum absolute atomic E-state index is 0.0786. The van der Waals surface area contributed by atoms with Gasteiger partial charge in [-0.3, -0.25) is 9.59 Å². The van der Waals surface area contributed by atoms with Crippen LogP contribution in [0.2, 0.25) is 0 Å². The van der Waals surface area contributed by atoms with Crippen molar-refractivity contribution < 1.29 is 14.0 Å². The van der Waals surface area contributed by atoms with Gasteiger partial charge in [0.15, 0.2) is 0 Å². The molecular weight excluding hydrogens is 319 g/mol. The summed E-state index contributed by atoms with van der Waals surface area (Å²) >= 11 is 0. The van der Waals surface area contributed by atoms with Crippen molar-refractivity contribution in [2.45, 2.75) is 33.4 Å². The van der Waals surface area contributed by atoms with Gasteiger partial charge in [-0.1, -0.05) is 42.5 Å². The maximum atomic E-state index is 13.5. The Morgan fingerprint density at radius 3 is 2.32 bits per heavy atom. The molecule has 0 aliphatic rings. The van der Waals surface area contributed by atoms with Crippen LogP contribution in [-0.4, -0.2) is 23.3 Å². The number of aryl methyl sites for hydroxylation is 1. The van der Waals surface area contributed by atoms with Gasteiger partial charge in [-0.2, -0.15) is 0 Å². The molecule has 0 atom stereocenters. The first-order chi connectivity index (χ1) is 12.0. The van der Waals surface area contributed by atoms with Crippen molar-refractivity contribution in [1.82, 2.24) is 10.2 Å². The number of hydrogen-bond acceptors (Lipinski definition) is 2. The first-order valence-electron chi connectivity index (χ1n) is 8.27. The molecule has 0 unspecified atom stereocenters. The van der Waals surface area contributed by atoms with E-state index in [0.717, 1.165) is 11.1 Å². The summed E-state index contributed by atoms with van der Waals surface area (Å²) in [6, 6.07) is 14.2. The van der Waals surface area contributed by atoms with Crippen molar-refractivity contribution in [1.29, 1.82) is 0 Å². The van der Waals surface area contributed by atoms with Gasteiger partial charge >= 0.3 is 0 Å². The number of carbonyl (C=O) groups excluding carboxylic acids is 2. The third-order valence-corrected chi connectivity index (χ3v) is 4.11. The van der Waals surface area contributed by atoms with Gasteiger partial charge in [0.25, 0.3) is 0 Å². The van der Waals surface area contributed by atoms with E-state index in [2.05, 4.69) is 5.32 Å². The highest BCUT2D eigenvalue weighted by atomic mass is 19.1. The van der Waals surface area contributed by atoms with Gasteiger partial charge in [0.1, 0.15) is 5.82 Å². The number of carbonyl (C=O) groups is 2. The molecule has 5 heteroatoms. The number of nitrogens with zero attached hydrogens (tertiary/aromatic N) is 1. The second kappa shape index (κ2) is 8.97. The van der Waals surface area contributed by atoms with Gasteiger partial charge < -0.3 is 10.2 Å². The van der Waals surface area contributed by atoms with Crippen molar-refractivity contribution in [2.24, 2.45) is 0 Å². The summed E-state index contributed by atoms with van der Waals surface area (Å²) in [4.78, 5) is 25.5. The molecule has 0 saturated heterocycles. The molecule has 0 heterocycles. The quantitative estimate of drug-likeness (QED) is 0.840. The molecule has 132 valence electrons. The molecule has 2 aromatic carbocycles. The highest BCUT2D eigenvalue weighted by molar-refractivity contribution is 5.78.